The molecular formula is C18H27ClF3N3O. The van der Waals surface area contributed by atoms with Crippen LogP contribution in [0.25, 0.3) is 0 Å². The maximum atomic E-state index is 12.6. The molecule has 1 amide bonds. The average Bonchev–Trinajstić information content (AvgIpc) is 2.78. The summed E-state index contributed by atoms with van der Waals surface area (Å²) in [5.74, 6) is 0.0744. The molecule has 0 unspecified atom stereocenters. The second-order valence-electron chi connectivity index (χ2n) is 6.92. The van der Waals surface area contributed by atoms with Gasteiger partial charge in [0.25, 0.3) is 0 Å². The van der Waals surface area contributed by atoms with Crippen molar-refractivity contribution in [3.63, 3.8) is 0 Å². The first kappa shape index (κ1) is 22.7. The highest BCUT2D eigenvalue weighted by Gasteiger charge is 2.30. The summed E-state index contributed by atoms with van der Waals surface area (Å²) < 4.78 is 37.8. The summed E-state index contributed by atoms with van der Waals surface area (Å²) in [5.41, 5.74) is 6.16. The first-order valence-corrected chi connectivity index (χ1v) is 8.61. The van der Waals surface area contributed by atoms with Crippen LogP contribution < -0.4 is 5.73 Å². The fraction of sp³-hybridized carbons (Fsp3) is 0.611. The van der Waals surface area contributed by atoms with Crippen LogP contribution in [-0.2, 0) is 17.5 Å². The van der Waals surface area contributed by atoms with Crippen molar-refractivity contribution >= 4 is 18.3 Å². The molecule has 0 aliphatic carbocycles. The molecule has 26 heavy (non-hydrogen) atoms. The molecule has 0 radical (unpaired) electrons. The van der Waals surface area contributed by atoms with Crippen LogP contribution in [0.1, 0.15) is 31.4 Å². The molecule has 2 rings (SSSR count). The molecule has 1 fully saturated rings. The number of hydrogen-bond acceptors (Lipinski definition) is 3. The molecule has 1 aliphatic heterocycles. The predicted octanol–water partition coefficient (Wildman–Crippen LogP) is 3.14. The first-order chi connectivity index (χ1) is 11.7. The lowest BCUT2D eigenvalue weighted by Crippen LogP contribution is -2.47. The van der Waals surface area contributed by atoms with E-state index in [0.29, 0.717) is 26.2 Å². The summed E-state index contributed by atoms with van der Waals surface area (Å²) in [6.45, 7) is 7.20. The van der Waals surface area contributed by atoms with Gasteiger partial charge in [0.1, 0.15) is 0 Å². The van der Waals surface area contributed by atoms with E-state index < -0.39 is 17.8 Å². The molecule has 1 atom stereocenters. The van der Waals surface area contributed by atoms with Gasteiger partial charge in [0.15, 0.2) is 0 Å². The van der Waals surface area contributed by atoms with E-state index in [0.717, 1.165) is 30.7 Å². The van der Waals surface area contributed by atoms with E-state index in [9.17, 15) is 18.0 Å². The van der Waals surface area contributed by atoms with Crippen LogP contribution in [0.2, 0.25) is 0 Å². The van der Waals surface area contributed by atoms with Crippen molar-refractivity contribution in [3.05, 3.63) is 35.4 Å². The smallest absolute Gasteiger partial charge is 0.340 e. The van der Waals surface area contributed by atoms with Gasteiger partial charge in [0, 0.05) is 32.7 Å². The zero-order valence-electron chi connectivity index (χ0n) is 15.1. The van der Waals surface area contributed by atoms with Crippen molar-refractivity contribution < 1.29 is 18.0 Å². The van der Waals surface area contributed by atoms with Crippen LogP contribution in [0.4, 0.5) is 13.2 Å². The van der Waals surface area contributed by atoms with Crippen molar-refractivity contribution in [1.82, 2.24) is 9.80 Å². The standard InChI is InChI=1S/C18H26F3N3O.ClH/c1-13(2)16(22)17(25)24-9-3-8-23(10-11-24)12-14-4-6-15(7-5-14)18(19,20)21;/h4-7,13,16H,3,8-12,22H2,1-2H3;1H/t16-;/m0./s1. The Balaban J connectivity index is 0.00000338. The van der Waals surface area contributed by atoms with E-state index in [1.165, 1.54) is 12.1 Å². The molecule has 1 saturated heterocycles. The van der Waals surface area contributed by atoms with Crippen molar-refractivity contribution in [2.45, 2.75) is 39.0 Å². The van der Waals surface area contributed by atoms with E-state index in [2.05, 4.69) is 4.90 Å². The van der Waals surface area contributed by atoms with Gasteiger partial charge in [0.2, 0.25) is 5.91 Å². The molecule has 1 aliphatic rings. The lowest BCUT2D eigenvalue weighted by Gasteiger charge is -2.26. The van der Waals surface area contributed by atoms with E-state index in [4.69, 9.17) is 5.73 Å². The number of carbonyl (C=O) groups excluding carboxylic acids is 1. The van der Waals surface area contributed by atoms with Crippen LogP contribution in [0.5, 0.6) is 0 Å². The summed E-state index contributed by atoms with van der Waals surface area (Å²) in [4.78, 5) is 16.3. The van der Waals surface area contributed by atoms with Crippen molar-refractivity contribution in [1.29, 1.82) is 0 Å². The number of carbonyl (C=O) groups is 1. The molecule has 8 heteroatoms. The van der Waals surface area contributed by atoms with Crippen LogP contribution in [0.15, 0.2) is 24.3 Å². The fourth-order valence-corrected chi connectivity index (χ4v) is 2.90. The van der Waals surface area contributed by atoms with Gasteiger partial charge in [-0.15, -0.1) is 12.4 Å². The number of halogens is 4. The minimum atomic E-state index is -4.31. The second-order valence-corrected chi connectivity index (χ2v) is 6.92. The topological polar surface area (TPSA) is 49.6 Å². The molecule has 1 aromatic carbocycles. The maximum Gasteiger partial charge on any atom is 0.416 e. The van der Waals surface area contributed by atoms with E-state index in [1.54, 1.807) is 4.90 Å². The molecule has 2 N–H and O–H groups in total. The summed E-state index contributed by atoms with van der Waals surface area (Å²) in [6, 6.07) is 4.78. The summed E-state index contributed by atoms with van der Waals surface area (Å²) >= 11 is 0. The van der Waals surface area contributed by atoms with Gasteiger partial charge < -0.3 is 10.6 Å². The lowest BCUT2D eigenvalue weighted by molar-refractivity contribution is -0.137. The Morgan fingerprint density at radius 1 is 1.12 bits per heavy atom. The van der Waals surface area contributed by atoms with Crippen LogP contribution in [0, 0.1) is 5.92 Å². The highest BCUT2D eigenvalue weighted by atomic mass is 35.5. The Morgan fingerprint density at radius 2 is 1.73 bits per heavy atom. The van der Waals surface area contributed by atoms with Crippen LogP contribution in [0.3, 0.4) is 0 Å². The van der Waals surface area contributed by atoms with Gasteiger partial charge >= 0.3 is 6.18 Å². The molecule has 1 heterocycles. The second kappa shape index (κ2) is 9.58. The molecule has 0 aromatic heterocycles. The summed E-state index contributed by atoms with van der Waals surface area (Å²) in [6.07, 6.45) is -3.48. The minimum Gasteiger partial charge on any atom is -0.340 e. The van der Waals surface area contributed by atoms with Crippen molar-refractivity contribution in [2.24, 2.45) is 11.7 Å². The molecule has 0 saturated carbocycles. The molecule has 0 spiro atoms. The van der Waals surface area contributed by atoms with E-state index in [1.807, 2.05) is 13.8 Å². The summed E-state index contributed by atoms with van der Waals surface area (Å²) in [5, 5.41) is 0. The third kappa shape index (κ3) is 6.14. The predicted molar refractivity (Wildman–Crippen MR) is 98.0 cm³/mol. The van der Waals surface area contributed by atoms with Crippen LogP contribution in [-0.4, -0.2) is 47.9 Å². The number of amides is 1. The van der Waals surface area contributed by atoms with E-state index in [-0.39, 0.29) is 24.2 Å². The quantitative estimate of drug-likeness (QED) is 0.854. The summed E-state index contributed by atoms with van der Waals surface area (Å²) in [7, 11) is 0. The SMILES string of the molecule is CC(C)[C@H](N)C(=O)N1CCCN(Cc2ccc(C(F)(F)F)cc2)CC1.Cl. The van der Waals surface area contributed by atoms with Gasteiger partial charge in [-0.3, -0.25) is 9.69 Å². The number of rotatable bonds is 4. The van der Waals surface area contributed by atoms with Crippen LogP contribution >= 0.6 is 12.4 Å². The van der Waals surface area contributed by atoms with Crippen molar-refractivity contribution in [2.75, 3.05) is 26.2 Å². The molecule has 0 bridgehead atoms. The molecule has 4 nitrogen and oxygen atoms in total. The minimum absolute atomic E-state index is 0. The monoisotopic (exact) mass is 393 g/mol. The zero-order valence-corrected chi connectivity index (χ0v) is 15.9. The van der Waals surface area contributed by atoms with Gasteiger partial charge in [-0.2, -0.15) is 13.2 Å². The highest BCUT2D eigenvalue weighted by molar-refractivity contribution is 5.85. The van der Waals surface area contributed by atoms with Gasteiger partial charge in [-0.1, -0.05) is 26.0 Å². The third-order valence-corrected chi connectivity index (χ3v) is 4.59. The number of alkyl halides is 3. The molecule has 1 aromatic rings. The normalized spacial score (nSPS) is 17.6. The van der Waals surface area contributed by atoms with Gasteiger partial charge in [-0.05, 0) is 30.0 Å². The van der Waals surface area contributed by atoms with Gasteiger partial charge in [0.05, 0.1) is 11.6 Å². The maximum absolute atomic E-state index is 12.6. The van der Waals surface area contributed by atoms with Gasteiger partial charge in [-0.25, -0.2) is 0 Å². The Bertz CT molecular complexity index is 578. The first-order valence-electron chi connectivity index (χ1n) is 8.61. The zero-order chi connectivity index (χ0) is 18.6. The average molecular weight is 394 g/mol. The number of nitrogens with zero attached hydrogens (tertiary/aromatic N) is 2. The van der Waals surface area contributed by atoms with Crippen molar-refractivity contribution in [3.8, 4) is 0 Å². The molecule has 148 valence electrons. The Hall–Kier alpha value is -1.31. The number of nitrogens with two attached hydrogens (primary N) is 1. The Morgan fingerprint density at radius 3 is 2.27 bits per heavy atom. The number of hydrogen-bond donors (Lipinski definition) is 1. The Labute approximate surface area is 158 Å². The largest absolute Gasteiger partial charge is 0.416 e. The fourth-order valence-electron chi connectivity index (χ4n) is 2.90. The highest BCUT2D eigenvalue weighted by Crippen LogP contribution is 2.29. The lowest BCUT2D eigenvalue weighted by atomic mass is 10.0. The number of benzene rings is 1. The Kier molecular flexibility index (Phi) is 8.37. The van der Waals surface area contributed by atoms with E-state index >= 15 is 0 Å². The molecular weight excluding hydrogens is 367 g/mol. The third-order valence-electron chi connectivity index (χ3n) is 4.59.